The highest BCUT2D eigenvalue weighted by atomic mass is 16.6. The zero-order valence-corrected chi connectivity index (χ0v) is 12.1. The van der Waals surface area contributed by atoms with E-state index in [-0.39, 0.29) is 24.3 Å². The van der Waals surface area contributed by atoms with Gasteiger partial charge in [0.05, 0.1) is 23.7 Å². The van der Waals surface area contributed by atoms with Gasteiger partial charge < -0.3 is 15.1 Å². The average molecular weight is 298 g/mol. The molecule has 21 heavy (non-hydrogen) atoms. The summed E-state index contributed by atoms with van der Waals surface area (Å²) >= 11 is 0. The van der Waals surface area contributed by atoms with Gasteiger partial charge in [-0.3, -0.25) is 14.8 Å². The maximum absolute atomic E-state index is 10.6. The quantitative estimate of drug-likeness (QED) is 0.576. The Morgan fingerprint density at radius 1 is 1.52 bits per heavy atom. The third kappa shape index (κ3) is 4.48. The molecule has 118 valence electrons. The summed E-state index contributed by atoms with van der Waals surface area (Å²) in [6, 6.07) is 0. The molecule has 2 N–H and O–H groups in total. The van der Waals surface area contributed by atoms with Crippen molar-refractivity contribution in [3.05, 3.63) is 22.5 Å². The van der Waals surface area contributed by atoms with Crippen molar-refractivity contribution >= 4 is 5.69 Å². The van der Waals surface area contributed by atoms with Gasteiger partial charge in [-0.05, 0) is 32.2 Å². The molecule has 3 unspecified atom stereocenters. The lowest BCUT2D eigenvalue weighted by Crippen LogP contribution is -2.43. The minimum Gasteiger partial charge on any atom is -0.393 e. The van der Waals surface area contributed by atoms with Gasteiger partial charge in [-0.25, -0.2) is 0 Å². The fraction of sp³-hybridized carbons (Fsp3) is 0.769. The Labute approximate surface area is 123 Å². The minimum atomic E-state index is -0.641. The third-order valence-corrected chi connectivity index (χ3v) is 3.92. The van der Waals surface area contributed by atoms with Gasteiger partial charge in [-0.15, -0.1) is 0 Å². The van der Waals surface area contributed by atoms with Crippen molar-refractivity contribution in [3.8, 4) is 0 Å². The summed E-state index contributed by atoms with van der Waals surface area (Å²) in [6.07, 6.45) is 3.54. The molecule has 0 aromatic carbocycles. The van der Waals surface area contributed by atoms with Crippen LogP contribution in [0.1, 0.15) is 19.8 Å². The van der Waals surface area contributed by atoms with E-state index in [1.807, 2.05) is 0 Å². The van der Waals surface area contributed by atoms with Gasteiger partial charge in [-0.1, -0.05) is 0 Å². The summed E-state index contributed by atoms with van der Waals surface area (Å²) < 4.78 is 1.39. The van der Waals surface area contributed by atoms with Crippen molar-refractivity contribution in [3.63, 3.8) is 0 Å². The summed E-state index contributed by atoms with van der Waals surface area (Å²) in [4.78, 5) is 12.2. The van der Waals surface area contributed by atoms with Crippen LogP contribution in [0.3, 0.4) is 0 Å². The van der Waals surface area contributed by atoms with Crippen molar-refractivity contribution < 1.29 is 15.1 Å². The molecule has 0 radical (unpaired) electrons. The van der Waals surface area contributed by atoms with Crippen molar-refractivity contribution in [1.29, 1.82) is 0 Å². The molecule has 2 heterocycles. The number of β-amino-alcohol motifs (C(OH)–C–C–N with tert-alkyl or cyclic N) is 1. The molecule has 0 amide bonds. The Balaban J connectivity index is 1.83. The number of aliphatic hydroxyl groups excluding tert-OH is 2. The molecule has 8 heteroatoms. The first-order chi connectivity index (χ1) is 9.95. The molecule has 0 spiro atoms. The first-order valence-corrected chi connectivity index (χ1v) is 7.21. The molecular weight excluding hydrogens is 276 g/mol. The molecule has 1 aromatic heterocycles. The highest BCUT2D eigenvalue weighted by molar-refractivity contribution is 5.20. The second kappa shape index (κ2) is 6.97. The predicted molar refractivity (Wildman–Crippen MR) is 75.7 cm³/mol. The minimum absolute atomic E-state index is 0.0747. The van der Waals surface area contributed by atoms with E-state index in [1.54, 1.807) is 6.92 Å². The third-order valence-electron chi connectivity index (χ3n) is 3.92. The van der Waals surface area contributed by atoms with E-state index in [1.165, 1.54) is 17.1 Å². The van der Waals surface area contributed by atoms with Crippen molar-refractivity contribution in [2.75, 3.05) is 19.6 Å². The van der Waals surface area contributed by atoms with Crippen LogP contribution < -0.4 is 0 Å². The Bertz CT molecular complexity index is 476. The number of nitro groups is 1. The van der Waals surface area contributed by atoms with Crippen molar-refractivity contribution in [1.82, 2.24) is 14.7 Å². The first kappa shape index (κ1) is 15.9. The van der Waals surface area contributed by atoms with Crippen LogP contribution >= 0.6 is 0 Å². The van der Waals surface area contributed by atoms with Crippen LogP contribution in [0, 0.1) is 16.0 Å². The van der Waals surface area contributed by atoms with Crippen LogP contribution in [-0.4, -0.2) is 61.7 Å². The Kier molecular flexibility index (Phi) is 5.27. The van der Waals surface area contributed by atoms with Gasteiger partial charge in [0.25, 0.3) is 0 Å². The van der Waals surface area contributed by atoms with E-state index in [0.29, 0.717) is 6.54 Å². The van der Waals surface area contributed by atoms with Crippen molar-refractivity contribution in [2.45, 2.75) is 38.5 Å². The van der Waals surface area contributed by atoms with Crippen LogP contribution in [-0.2, 0) is 6.54 Å². The molecule has 0 saturated carbocycles. The van der Waals surface area contributed by atoms with Gasteiger partial charge in [0, 0.05) is 13.1 Å². The molecule has 1 aliphatic heterocycles. The van der Waals surface area contributed by atoms with Crippen LogP contribution in [0.15, 0.2) is 12.4 Å². The normalized spacial score (nSPS) is 22.9. The molecule has 1 aliphatic rings. The number of rotatable bonds is 6. The number of hydrogen-bond acceptors (Lipinski definition) is 6. The van der Waals surface area contributed by atoms with E-state index >= 15 is 0 Å². The molecule has 0 aliphatic carbocycles. The molecular formula is C13H22N4O4. The molecule has 1 aromatic rings. The second-order valence-electron chi connectivity index (χ2n) is 5.73. The maximum atomic E-state index is 10.6. The van der Waals surface area contributed by atoms with Crippen molar-refractivity contribution in [2.24, 2.45) is 5.92 Å². The number of piperidine rings is 1. The topological polar surface area (TPSA) is 105 Å². The molecule has 1 fully saturated rings. The highest BCUT2D eigenvalue weighted by Gasteiger charge is 2.25. The van der Waals surface area contributed by atoms with Gasteiger partial charge in [0.15, 0.2) is 0 Å². The zero-order chi connectivity index (χ0) is 15.4. The smallest absolute Gasteiger partial charge is 0.306 e. The number of aromatic nitrogens is 2. The van der Waals surface area contributed by atoms with E-state index in [4.69, 9.17) is 0 Å². The lowest BCUT2D eigenvalue weighted by atomic mass is 9.93. The van der Waals surface area contributed by atoms with Crippen LogP contribution in [0.2, 0.25) is 0 Å². The summed E-state index contributed by atoms with van der Waals surface area (Å²) in [5, 5.41) is 34.2. The SMILES string of the molecule is CC(O)C1CCCN(CC(O)Cn2cc([N+](=O)[O-])cn2)C1. The van der Waals surface area contributed by atoms with E-state index in [2.05, 4.69) is 10.00 Å². The summed E-state index contributed by atoms with van der Waals surface area (Å²) in [5.41, 5.74) is -0.0747. The van der Waals surface area contributed by atoms with E-state index in [9.17, 15) is 20.3 Å². The molecule has 3 atom stereocenters. The first-order valence-electron chi connectivity index (χ1n) is 7.21. The average Bonchev–Trinajstić information content (AvgIpc) is 2.87. The lowest BCUT2D eigenvalue weighted by Gasteiger charge is -2.35. The summed E-state index contributed by atoms with van der Waals surface area (Å²) in [7, 11) is 0. The van der Waals surface area contributed by atoms with E-state index in [0.717, 1.165) is 25.9 Å². The molecule has 0 bridgehead atoms. The van der Waals surface area contributed by atoms with Gasteiger partial charge in [0.1, 0.15) is 12.4 Å². The number of hydrogen-bond donors (Lipinski definition) is 2. The number of aliphatic hydroxyl groups is 2. The Morgan fingerprint density at radius 2 is 2.29 bits per heavy atom. The molecule has 2 rings (SSSR count). The van der Waals surface area contributed by atoms with Gasteiger partial charge in [-0.2, -0.15) is 5.10 Å². The van der Waals surface area contributed by atoms with E-state index < -0.39 is 11.0 Å². The van der Waals surface area contributed by atoms with Crippen LogP contribution in [0.4, 0.5) is 5.69 Å². The van der Waals surface area contributed by atoms with Gasteiger partial charge in [0.2, 0.25) is 0 Å². The number of likely N-dealkylation sites (tertiary alicyclic amines) is 1. The Hall–Kier alpha value is -1.51. The lowest BCUT2D eigenvalue weighted by molar-refractivity contribution is -0.385. The van der Waals surface area contributed by atoms with Gasteiger partial charge >= 0.3 is 5.69 Å². The number of nitrogens with zero attached hydrogens (tertiary/aromatic N) is 4. The Morgan fingerprint density at radius 3 is 2.90 bits per heavy atom. The second-order valence-corrected chi connectivity index (χ2v) is 5.73. The standard InChI is InChI=1S/C13H22N4O4/c1-10(18)11-3-2-4-15(6-11)8-13(19)9-16-7-12(5-14-16)17(20)21/h5,7,10-11,13,18-19H,2-4,6,8-9H2,1H3. The maximum Gasteiger partial charge on any atom is 0.306 e. The summed E-state index contributed by atoms with van der Waals surface area (Å²) in [5.74, 6) is 0.247. The fourth-order valence-electron chi connectivity index (χ4n) is 2.77. The van der Waals surface area contributed by atoms with Crippen LogP contribution in [0.25, 0.3) is 0 Å². The largest absolute Gasteiger partial charge is 0.393 e. The predicted octanol–water partition coefficient (Wildman–Crippen LogP) is 0.245. The monoisotopic (exact) mass is 298 g/mol. The molecule has 8 nitrogen and oxygen atoms in total. The molecule has 1 saturated heterocycles. The zero-order valence-electron chi connectivity index (χ0n) is 12.1. The fourth-order valence-corrected chi connectivity index (χ4v) is 2.77. The van der Waals surface area contributed by atoms with Crippen LogP contribution in [0.5, 0.6) is 0 Å². The highest BCUT2D eigenvalue weighted by Crippen LogP contribution is 2.20. The summed E-state index contributed by atoms with van der Waals surface area (Å²) in [6.45, 7) is 4.18.